The second kappa shape index (κ2) is 5.78. The number of carbonyl (C=O) groups is 2. The summed E-state index contributed by atoms with van der Waals surface area (Å²) in [6.45, 7) is 0. The molecule has 0 aliphatic heterocycles. The number of rotatable bonds is 4. The van der Waals surface area contributed by atoms with Crippen molar-refractivity contribution in [3.8, 4) is 5.75 Å². The van der Waals surface area contributed by atoms with Crippen LogP contribution in [0.2, 0.25) is 5.02 Å². The van der Waals surface area contributed by atoms with Gasteiger partial charge in [-0.3, -0.25) is 9.59 Å². The third-order valence-corrected chi connectivity index (χ3v) is 3.72. The molecule has 0 saturated heterocycles. The molecule has 0 unspecified atom stereocenters. The number of hydrogen-bond acceptors (Lipinski definition) is 4. The Morgan fingerprint density at radius 3 is 2.48 bits per heavy atom. The fourth-order valence-electron chi connectivity index (χ4n) is 2.41. The number of carbonyl (C=O) groups excluding carboxylic acids is 1. The predicted octanol–water partition coefficient (Wildman–Crippen LogP) is 3.65. The number of phenolic OH excluding ortho intramolecular Hbond substituents is 1. The fourth-order valence-corrected chi connectivity index (χ4v) is 2.54. The maximum absolute atomic E-state index is 12.7. The molecular formula is C17H11ClO5. The quantitative estimate of drug-likeness (QED) is 0.713. The molecule has 0 aliphatic rings. The standard InChI is InChI=1S/C17H11ClO5/c18-12-3-1-9(2-4-12)15(21)14-16(22)11(8-13(19)20)7-10-5-6-23-17(10)14/h1-7,22H,8H2,(H,19,20). The van der Waals surface area contributed by atoms with Gasteiger partial charge in [0.15, 0.2) is 0 Å². The Morgan fingerprint density at radius 1 is 1.13 bits per heavy atom. The van der Waals surface area contributed by atoms with E-state index in [1.807, 2.05) is 0 Å². The van der Waals surface area contributed by atoms with E-state index in [0.29, 0.717) is 16.0 Å². The van der Waals surface area contributed by atoms with E-state index in [9.17, 15) is 14.7 Å². The molecule has 3 rings (SSSR count). The van der Waals surface area contributed by atoms with Crippen LogP contribution in [0.1, 0.15) is 21.5 Å². The van der Waals surface area contributed by atoms with E-state index >= 15 is 0 Å². The lowest BCUT2D eigenvalue weighted by molar-refractivity contribution is -0.136. The van der Waals surface area contributed by atoms with Gasteiger partial charge in [-0.25, -0.2) is 0 Å². The molecule has 0 amide bonds. The summed E-state index contributed by atoms with van der Waals surface area (Å²) in [5.41, 5.74) is 0.640. The molecule has 0 radical (unpaired) electrons. The van der Waals surface area contributed by atoms with Crippen LogP contribution in [0, 0.1) is 0 Å². The fraction of sp³-hybridized carbons (Fsp3) is 0.0588. The van der Waals surface area contributed by atoms with Crippen molar-refractivity contribution < 1.29 is 24.2 Å². The lowest BCUT2D eigenvalue weighted by atomic mass is 9.96. The Labute approximate surface area is 135 Å². The molecule has 23 heavy (non-hydrogen) atoms. The Kier molecular flexibility index (Phi) is 3.80. The first-order valence-electron chi connectivity index (χ1n) is 6.71. The highest BCUT2D eigenvalue weighted by Gasteiger charge is 2.23. The molecule has 0 spiro atoms. The number of aliphatic carboxylic acids is 1. The average molecular weight is 331 g/mol. The largest absolute Gasteiger partial charge is 0.507 e. The van der Waals surface area contributed by atoms with Crippen molar-refractivity contribution in [1.29, 1.82) is 0 Å². The number of halogens is 1. The minimum Gasteiger partial charge on any atom is -0.507 e. The number of phenols is 1. The van der Waals surface area contributed by atoms with Crippen LogP contribution in [0.4, 0.5) is 0 Å². The zero-order valence-corrected chi connectivity index (χ0v) is 12.5. The first-order chi connectivity index (χ1) is 11.0. The minimum atomic E-state index is -1.10. The number of aromatic hydroxyl groups is 1. The summed E-state index contributed by atoms with van der Waals surface area (Å²) in [6.07, 6.45) is 0.987. The highest BCUT2D eigenvalue weighted by Crippen LogP contribution is 2.34. The summed E-state index contributed by atoms with van der Waals surface area (Å²) in [6, 6.07) is 9.30. The summed E-state index contributed by atoms with van der Waals surface area (Å²) < 4.78 is 5.30. The number of furan rings is 1. The topological polar surface area (TPSA) is 87.7 Å². The van der Waals surface area contributed by atoms with Crippen molar-refractivity contribution in [3.63, 3.8) is 0 Å². The van der Waals surface area contributed by atoms with Gasteiger partial charge in [-0.2, -0.15) is 0 Å². The molecule has 116 valence electrons. The highest BCUT2D eigenvalue weighted by atomic mass is 35.5. The van der Waals surface area contributed by atoms with Crippen molar-refractivity contribution in [1.82, 2.24) is 0 Å². The lowest BCUT2D eigenvalue weighted by Crippen LogP contribution is -2.06. The maximum atomic E-state index is 12.7. The molecule has 0 saturated carbocycles. The SMILES string of the molecule is O=C(O)Cc1cc2ccoc2c(C(=O)c2ccc(Cl)cc2)c1O. The molecule has 2 N–H and O–H groups in total. The average Bonchev–Trinajstić information content (AvgIpc) is 2.95. The predicted molar refractivity (Wildman–Crippen MR) is 84.1 cm³/mol. The van der Waals surface area contributed by atoms with E-state index in [4.69, 9.17) is 21.1 Å². The number of carboxylic acid groups (broad SMARTS) is 1. The molecule has 5 nitrogen and oxygen atoms in total. The number of ketones is 1. The summed E-state index contributed by atoms with van der Waals surface area (Å²) >= 11 is 5.81. The zero-order valence-electron chi connectivity index (χ0n) is 11.7. The Hall–Kier alpha value is -2.79. The van der Waals surface area contributed by atoms with Gasteiger partial charge in [0.25, 0.3) is 0 Å². The van der Waals surface area contributed by atoms with E-state index in [2.05, 4.69) is 0 Å². The van der Waals surface area contributed by atoms with Gasteiger partial charge in [0.1, 0.15) is 16.9 Å². The van der Waals surface area contributed by atoms with Crippen LogP contribution in [-0.2, 0) is 11.2 Å². The van der Waals surface area contributed by atoms with Gasteiger partial charge >= 0.3 is 5.97 Å². The monoisotopic (exact) mass is 330 g/mol. The van der Waals surface area contributed by atoms with E-state index in [0.717, 1.165) is 0 Å². The second-order valence-corrected chi connectivity index (χ2v) is 5.44. The van der Waals surface area contributed by atoms with Gasteiger partial charge in [-0.05, 0) is 36.4 Å². The van der Waals surface area contributed by atoms with Crippen molar-refractivity contribution in [2.24, 2.45) is 0 Å². The first-order valence-corrected chi connectivity index (χ1v) is 7.09. The normalized spacial score (nSPS) is 10.8. The van der Waals surface area contributed by atoms with Crippen LogP contribution >= 0.6 is 11.6 Å². The number of benzene rings is 2. The van der Waals surface area contributed by atoms with Crippen molar-refractivity contribution in [3.05, 3.63) is 64.4 Å². The Morgan fingerprint density at radius 2 is 1.83 bits per heavy atom. The Bertz CT molecular complexity index is 909. The molecule has 3 aromatic rings. The molecule has 0 bridgehead atoms. The van der Waals surface area contributed by atoms with Crippen molar-refractivity contribution in [2.45, 2.75) is 6.42 Å². The number of hydrogen-bond donors (Lipinski definition) is 2. The first kappa shape index (κ1) is 15.1. The van der Waals surface area contributed by atoms with Crippen molar-refractivity contribution in [2.75, 3.05) is 0 Å². The second-order valence-electron chi connectivity index (χ2n) is 5.00. The highest BCUT2D eigenvalue weighted by molar-refractivity contribution is 6.30. The summed E-state index contributed by atoms with van der Waals surface area (Å²) in [5, 5.41) is 20.4. The molecule has 0 aliphatic carbocycles. The van der Waals surface area contributed by atoms with Crippen LogP contribution in [0.25, 0.3) is 11.0 Å². The lowest BCUT2D eigenvalue weighted by Gasteiger charge is -2.09. The summed E-state index contributed by atoms with van der Waals surface area (Å²) in [5.74, 6) is -1.95. The van der Waals surface area contributed by atoms with Crippen molar-refractivity contribution >= 4 is 34.3 Å². The van der Waals surface area contributed by atoms with Gasteiger partial charge < -0.3 is 14.6 Å². The van der Waals surface area contributed by atoms with E-state index in [1.165, 1.54) is 24.5 Å². The number of fused-ring (bicyclic) bond motifs is 1. The minimum absolute atomic E-state index is 0.0499. The van der Waals surface area contributed by atoms with Gasteiger partial charge in [-0.1, -0.05) is 11.6 Å². The third kappa shape index (κ3) is 2.78. The molecular weight excluding hydrogens is 320 g/mol. The molecule has 1 aromatic heterocycles. The molecule has 0 atom stereocenters. The van der Waals surface area contributed by atoms with Crippen LogP contribution < -0.4 is 0 Å². The smallest absolute Gasteiger partial charge is 0.307 e. The van der Waals surface area contributed by atoms with Crippen LogP contribution in [0.15, 0.2) is 47.1 Å². The van der Waals surface area contributed by atoms with Gasteiger partial charge in [0.05, 0.1) is 12.7 Å². The summed E-state index contributed by atoms with van der Waals surface area (Å²) in [7, 11) is 0. The molecule has 2 aromatic carbocycles. The van der Waals surface area contributed by atoms with E-state index in [1.54, 1.807) is 18.2 Å². The Balaban J connectivity index is 2.20. The van der Waals surface area contributed by atoms with E-state index in [-0.39, 0.29) is 22.5 Å². The molecule has 1 heterocycles. The van der Waals surface area contributed by atoms with Gasteiger partial charge in [0, 0.05) is 21.5 Å². The van der Waals surface area contributed by atoms with Crippen LogP contribution in [0.5, 0.6) is 5.75 Å². The van der Waals surface area contributed by atoms with E-state index < -0.39 is 18.2 Å². The molecule has 6 heteroatoms. The maximum Gasteiger partial charge on any atom is 0.307 e. The van der Waals surface area contributed by atoms with Gasteiger partial charge in [-0.15, -0.1) is 0 Å². The third-order valence-electron chi connectivity index (χ3n) is 3.47. The zero-order chi connectivity index (χ0) is 16.6. The van der Waals surface area contributed by atoms with Crippen LogP contribution in [-0.4, -0.2) is 22.0 Å². The molecule has 0 fully saturated rings. The van der Waals surface area contributed by atoms with Crippen LogP contribution in [0.3, 0.4) is 0 Å². The van der Waals surface area contributed by atoms with Gasteiger partial charge in [0.2, 0.25) is 5.78 Å². The summed E-state index contributed by atoms with van der Waals surface area (Å²) in [4.78, 5) is 23.7. The number of carboxylic acids is 1.